The molecule has 3 rings (SSSR count). The molecule has 5 heteroatoms. The Morgan fingerprint density at radius 2 is 1.95 bits per heavy atom. The lowest BCUT2D eigenvalue weighted by Crippen LogP contribution is -2.33. The van der Waals surface area contributed by atoms with Crippen molar-refractivity contribution in [3.05, 3.63) is 60.1 Å². The first-order valence-electron chi connectivity index (χ1n) is 6.82. The van der Waals surface area contributed by atoms with Crippen LogP contribution < -0.4 is 5.32 Å². The quantitative estimate of drug-likeness (QED) is 0.857. The van der Waals surface area contributed by atoms with E-state index in [1.807, 2.05) is 6.07 Å². The van der Waals surface area contributed by atoms with Crippen LogP contribution >= 0.6 is 0 Å². The number of carbonyl (C=O) groups is 2. The molecule has 108 valence electrons. The van der Waals surface area contributed by atoms with Gasteiger partial charge in [0.15, 0.2) is 0 Å². The Bertz CT molecular complexity index is 617. The van der Waals surface area contributed by atoms with Gasteiger partial charge in [-0.1, -0.05) is 30.3 Å². The Labute approximate surface area is 121 Å². The number of esters is 1. The van der Waals surface area contributed by atoms with Gasteiger partial charge in [-0.2, -0.15) is 0 Å². The number of ether oxygens (including phenoxy) is 1. The Morgan fingerprint density at radius 3 is 2.57 bits per heavy atom. The van der Waals surface area contributed by atoms with Crippen molar-refractivity contribution < 1.29 is 18.7 Å². The van der Waals surface area contributed by atoms with Gasteiger partial charge in [0.1, 0.15) is 6.26 Å². The maximum atomic E-state index is 12.3. The van der Waals surface area contributed by atoms with E-state index in [0.29, 0.717) is 5.56 Å². The van der Waals surface area contributed by atoms with Crippen LogP contribution in [0.25, 0.3) is 0 Å². The zero-order chi connectivity index (χ0) is 14.7. The van der Waals surface area contributed by atoms with Crippen LogP contribution in [0.3, 0.4) is 0 Å². The van der Waals surface area contributed by atoms with Crippen LogP contribution in [0.15, 0.2) is 53.3 Å². The summed E-state index contributed by atoms with van der Waals surface area (Å²) in [5.74, 6) is -0.871. The fraction of sp³-hybridized carbons (Fsp3) is 0.250. The van der Waals surface area contributed by atoms with Crippen molar-refractivity contribution in [1.82, 2.24) is 5.32 Å². The fourth-order valence-electron chi connectivity index (χ4n) is 1.96. The number of hydrogen-bond acceptors (Lipinski definition) is 4. The second-order valence-corrected chi connectivity index (χ2v) is 4.99. The number of rotatable bonds is 5. The molecule has 1 aliphatic carbocycles. The van der Waals surface area contributed by atoms with Gasteiger partial charge in [-0.15, -0.1) is 0 Å². The summed E-state index contributed by atoms with van der Waals surface area (Å²) in [7, 11) is 0. The van der Waals surface area contributed by atoms with Crippen molar-refractivity contribution in [3.8, 4) is 0 Å². The van der Waals surface area contributed by atoms with E-state index in [-0.39, 0.29) is 17.5 Å². The average molecular weight is 285 g/mol. The van der Waals surface area contributed by atoms with Gasteiger partial charge in [0, 0.05) is 11.6 Å². The van der Waals surface area contributed by atoms with Gasteiger partial charge >= 0.3 is 5.97 Å². The third-order valence-electron chi connectivity index (χ3n) is 3.25. The number of amides is 1. The second kappa shape index (κ2) is 5.83. The Hall–Kier alpha value is -2.56. The van der Waals surface area contributed by atoms with Crippen molar-refractivity contribution in [2.24, 2.45) is 0 Å². The fourth-order valence-corrected chi connectivity index (χ4v) is 1.96. The number of nitrogens with one attached hydrogen (secondary N) is 1. The molecular weight excluding hydrogens is 270 g/mol. The molecule has 2 aromatic rings. The minimum atomic E-state index is -0.950. The largest absolute Gasteiger partial charge is 0.472 e. The predicted octanol–water partition coefficient (Wildman–Crippen LogP) is 2.46. The van der Waals surface area contributed by atoms with Gasteiger partial charge in [0.05, 0.1) is 11.8 Å². The summed E-state index contributed by atoms with van der Waals surface area (Å²) in [5, 5.41) is 2.86. The van der Waals surface area contributed by atoms with Crippen molar-refractivity contribution >= 4 is 11.9 Å². The number of hydrogen-bond donors (Lipinski definition) is 1. The first kappa shape index (κ1) is 13.4. The summed E-state index contributed by atoms with van der Waals surface area (Å²) in [4.78, 5) is 24.3. The Morgan fingerprint density at radius 1 is 1.19 bits per heavy atom. The topological polar surface area (TPSA) is 68.5 Å². The molecule has 1 aromatic carbocycles. The minimum Gasteiger partial charge on any atom is -0.472 e. The summed E-state index contributed by atoms with van der Waals surface area (Å²) in [6, 6.07) is 10.7. The van der Waals surface area contributed by atoms with E-state index in [4.69, 9.17) is 9.15 Å². The molecule has 1 N–H and O–H groups in total. The average Bonchev–Trinajstić information content (AvgIpc) is 3.15. The van der Waals surface area contributed by atoms with Crippen LogP contribution in [0, 0.1) is 0 Å². The lowest BCUT2D eigenvalue weighted by Gasteiger charge is -2.17. The molecule has 0 spiro atoms. The van der Waals surface area contributed by atoms with Gasteiger partial charge in [0.2, 0.25) is 6.10 Å². The highest BCUT2D eigenvalue weighted by Crippen LogP contribution is 2.24. The van der Waals surface area contributed by atoms with Gasteiger partial charge in [-0.25, -0.2) is 4.79 Å². The van der Waals surface area contributed by atoms with Crippen molar-refractivity contribution in [2.45, 2.75) is 25.0 Å². The monoisotopic (exact) mass is 285 g/mol. The van der Waals surface area contributed by atoms with Crippen molar-refractivity contribution in [1.29, 1.82) is 0 Å². The predicted molar refractivity (Wildman–Crippen MR) is 74.5 cm³/mol. The molecule has 0 bridgehead atoms. The van der Waals surface area contributed by atoms with Gasteiger partial charge in [-0.05, 0) is 18.9 Å². The molecular formula is C16H15NO4. The van der Waals surface area contributed by atoms with E-state index in [1.54, 1.807) is 24.3 Å². The maximum Gasteiger partial charge on any atom is 0.342 e. The summed E-state index contributed by atoms with van der Waals surface area (Å²) >= 11 is 0. The highest BCUT2D eigenvalue weighted by molar-refractivity contribution is 5.92. The number of furan rings is 1. The summed E-state index contributed by atoms with van der Waals surface area (Å²) < 4.78 is 10.2. The molecule has 0 saturated heterocycles. The molecule has 0 aliphatic heterocycles. The molecule has 1 heterocycles. The molecule has 1 atom stereocenters. The first-order chi connectivity index (χ1) is 10.2. The maximum absolute atomic E-state index is 12.3. The molecule has 0 radical (unpaired) electrons. The van der Waals surface area contributed by atoms with Gasteiger partial charge in [-0.3, -0.25) is 4.79 Å². The van der Waals surface area contributed by atoms with Crippen LogP contribution in [0.1, 0.15) is 34.9 Å². The number of carbonyl (C=O) groups excluding carboxylic acids is 2. The highest BCUT2D eigenvalue weighted by Gasteiger charge is 2.31. The Kier molecular flexibility index (Phi) is 3.73. The summed E-state index contributed by atoms with van der Waals surface area (Å²) in [5.41, 5.74) is 0.933. The zero-order valence-electron chi connectivity index (χ0n) is 11.3. The summed E-state index contributed by atoms with van der Waals surface area (Å²) in [6.45, 7) is 0. The molecule has 1 unspecified atom stereocenters. The summed E-state index contributed by atoms with van der Waals surface area (Å²) in [6.07, 6.45) is 3.68. The zero-order valence-corrected chi connectivity index (χ0v) is 11.3. The number of benzene rings is 1. The molecule has 1 fully saturated rings. The van der Waals surface area contributed by atoms with Crippen LogP contribution in [0.5, 0.6) is 0 Å². The van der Waals surface area contributed by atoms with Gasteiger partial charge < -0.3 is 14.5 Å². The molecule has 1 aromatic heterocycles. The lowest BCUT2D eigenvalue weighted by atomic mass is 10.1. The van der Waals surface area contributed by atoms with Crippen LogP contribution in [-0.4, -0.2) is 17.9 Å². The highest BCUT2D eigenvalue weighted by atomic mass is 16.5. The van der Waals surface area contributed by atoms with Crippen LogP contribution in [0.2, 0.25) is 0 Å². The molecule has 1 aliphatic rings. The van der Waals surface area contributed by atoms with Crippen molar-refractivity contribution in [2.75, 3.05) is 0 Å². The molecule has 1 amide bonds. The van der Waals surface area contributed by atoms with Crippen molar-refractivity contribution in [3.63, 3.8) is 0 Å². The SMILES string of the molecule is O=C(OC(C(=O)NC1CC1)c1ccccc1)c1ccoc1. The second-order valence-electron chi connectivity index (χ2n) is 4.99. The standard InChI is InChI=1S/C16H15NO4/c18-15(17-13-6-7-13)14(11-4-2-1-3-5-11)21-16(19)12-8-9-20-10-12/h1-5,8-10,13-14H,6-7H2,(H,17,18). The third kappa shape index (κ3) is 3.31. The van der Waals surface area contributed by atoms with E-state index in [1.165, 1.54) is 18.6 Å². The van der Waals surface area contributed by atoms with Crippen LogP contribution in [-0.2, 0) is 9.53 Å². The molecule has 21 heavy (non-hydrogen) atoms. The van der Waals surface area contributed by atoms with E-state index in [2.05, 4.69) is 5.32 Å². The minimum absolute atomic E-state index is 0.205. The van der Waals surface area contributed by atoms with E-state index < -0.39 is 12.1 Å². The first-order valence-corrected chi connectivity index (χ1v) is 6.82. The normalized spacial score (nSPS) is 15.2. The van der Waals surface area contributed by atoms with Gasteiger partial charge in [0.25, 0.3) is 5.91 Å². The lowest BCUT2D eigenvalue weighted by molar-refractivity contribution is -0.130. The molecule has 1 saturated carbocycles. The Balaban J connectivity index is 1.78. The van der Waals surface area contributed by atoms with E-state index in [9.17, 15) is 9.59 Å². The van der Waals surface area contributed by atoms with E-state index >= 15 is 0 Å². The smallest absolute Gasteiger partial charge is 0.342 e. The third-order valence-corrected chi connectivity index (χ3v) is 3.25. The van der Waals surface area contributed by atoms with E-state index in [0.717, 1.165) is 12.8 Å². The van der Waals surface area contributed by atoms with Crippen LogP contribution in [0.4, 0.5) is 0 Å². The molecule has 5 nitrogen and oxygen atoms in total.